The minimum Gasteiger partial charge on any atom is -0.478 e. The summed E-state index contributed by atoms with van der Waals surface area (Å²) in [6, 6.07) is 3.10. The van der Waals surface area contributed by atoms with Crippen LogP contribution in [0.1, 0.15) is 23.7 Å². The SMILES string of the molecule is CC1CN(C(=O)Nc2ccc(F)c(C(=O)O)c2)CCCO1. The van der Waals surface area contributed by atoms with Gasteiger partial charge in [0.1, 0.15) is 5.82 Å². The quantitative estimate of drug-likeness (QED) is 0.876. The van der Waals surface area contributed by atoms with Crippen LogP contribution < -0.4 is 5.32 Å². The number of rotatable bonds is 2. The predicted molar refractivity (Wildman–Crippen MR) is 74.0 cm³/mol. The van der Waals surface area contributed by atoms with Crippen molar-refractivity contribution in [1.82, 2.24) is 4.90 Å². The van der Waals surface area contributed by atoms with Crippen LogP contribution in [0.4, 0.5) is 14.9 Å². The molecule has 114 valence electrons. The highest BCUT2D eigenvalue weighted by molar-refractivity contribution is 5.93. The van der Waals surface area contributed by atoms with Gasteiger partial charge in [-0.3, -0.25) is 0 Å². The molecule has 1 atom stereocenters. The zero-order valence-electron chi connectivity index (χ0n) is 11.6. The molecule has 1 saturated heterocycles. The lowest BCUT2D eigenvalue weighted by Gasteiger charge is -2.22. The molecule has 2 amide bonds. The summed E-state index contributed by atoms with van der Waals surface area (Å²) in [6.45, 7) is 3.50. The van der Waals surface area contributed by atoms with Crippen LogP contribution in [0.15, 0.2) is 18.2 Å². The Hall–Kier alpha value is -2.15. The maximum absolute atomic E-state index is 13.3. The van der Waals surface area contributed by atoms with Gasteiger partial charge in [0.05, 0.1) is 11.7 Å². The van der Waals surface area contributed by atoms with E-state index in [4.69, 9.17) is 9.84 Å². The zero-order valence-corrected chi connectivity index (χ0v) is 11.6. The van der Waals surface area contributed by atoms with Gasteiger partial charge in [0.2, 0.25) is 0 Å². The van der Waals surface area contributed by atoms with Gasteiger partial charge >= 0.3 is 12.0 Å². The van der Waals surface area contributed by atoms with Crippen LogP contribution in [0, 0.1) is 5.82 Å². The fraction of sp³-hybridized carbons (Fsp3) is 0.429. The first-order chi connectivity index (χ1) is 9.97. The number of hydrogen-bond acceptors (Lipinski definition) is 3. The number of benzene rings is 1. The Morgan fingerprint density at radius 2 is 2.24 bits per heavy atom. The standard InChI is InChI=1S/C14H17FN2O4/c1-9-8-17(5-2-6-21-9)14(20)16-10-3-4-12(15)11(7-10)13(18)19/h3-4,7,9H,2,5-6,8H2,1H3,(H,16,20)(H,18,19). The van der Waals surface area contributed by atoms with Crippen molar-refractivity contribution in [3.05, 3.63) is 29.6 Å². The summed E-state index contributed by atoms with van der Waals surface area (Å²) < 4.78 is 18.7. The number of ether oxygens (including phenoxy) is 1. The Balaban J connectivity index is 2.08. The molecular weight excluding hydrogens is 279 g/mol. The molecule has 2 rings (SSSR count). The molecule has 1 heterocycles. The Bertz CT molecular complexity index is 550. The first-order valence-electron chi connectivity index (χ1n) is 6.67. The van der Waals surface area contributed by atoms with Gasteiger partial charge in [-0.1, -0.05) is 0 Å². The lowest BCUT2D eigenvalue weighted by atomic mass is 10.2. The van der Waals surface area contributed by atoms with E-state index >= 15 is 0 Å². The minimum absolute atomic E-state index is 0.0546. The van der Waals surface area contributed by atoms with E-state index in [-0.39, 0.29) is 17.8 Å². The van der Waals surface area contributed by atoms with Gasteiger partial charge in [-0.25, -0.2) is 14.0 Å². The number of carboxylic acid groups (broad SMARTS) is 1. The molecule has 1 aromatic rings. The van der Waals surface area contributed by atoms with Gasteiger partial charge in [0, 0.05) is 25.4 Å². The topological polar surface area (TPSA) is 78.9 Å². The van der Waals surface area contributed by atoms with Crippen LogP contribution in [-0.4, -0.2) is 47.8 Å². The summed E-state index contributed by atoms with van der Waals surface area (Å²) in [5.74, 6) is -2.21. The van der Waals surface area contributed by atoms with Crippen LogP contribution >= 0.6 is 0 Å². The largest absolute Gasteiger partial charge is 0.478 e. The lowest BCUT2D eigenvalue weighted by Crippen LogP contribution is -2.38. The van der Waals surface area contributed by atoms with Gasteiger partial charge in [-0.15, -0.1) is 0 Å². The monoisotopic (exact) mass is 296 g/mol. The molecule has 1 aromatic carbocycles. The van der Waals surface area contributed by atoms with Crippen LogP contribution in [-0.2, 0) is 4.74 Å². The number of nitrogens with one attached hydrogen (secondary N) is 1. The molecule has 0 aliphatic carbocycles. The second kappa shape index (κ2) is 6.53. The number of hydrogen-bond donors (Lipinski definition) is 2. The second-order valence-corrected chi connectivity index (χ2v) is 4.91. The van der Waals surface area contributed by atoms with Crippen molar-refractivity contribution in [2.24, 2.45) is 0 Å². The fourth-order valence-electron chi connectivity index (χ4n) is 2.15. The summed E-state index contributed by atoms with van der Waals surface area (Å²) >= 11 is 0. The Morgan fingerprint density at radius 3 is 2.95 bits per heavy atom. The minimum atomic E-state index is -1.37. The Labute approximate surface area is 121 Å². The third-order valence-corrected chi connectivity index (χ3v) is 3.19. The molecule has 0 spiro atoms. The Morgan fingerprint density at radius 1 is 1.48 bits per heavy atom. The molecular formula is C14H17FN2O4. The number of amides is 2. The molecule has 0 bridgehead atoms. The molecule has 0 radical (unpaired) electrons. The normalized spacial score (nSPS) is 19.0. The van der Waals surface area contributed by atoms with Gasteiger partial charge in [-0.2, -0.15) is 0 Å². The average Bonchev–Trinajstić information content (AvgIpc) is 2.65. The van der Waals surface area contributed by atoms with E-state index in [1.165, 1.54) is 6.07 Å². The van der Waals surface area contributed by atoms with Crippen molar-refractivity contribution in [1.29, 1.82) is 0 Å². The lowest BCUT2D eigenvalue weighted by molar-refractivity contribution is 0.0691. The van der Waals surface area contributed by atoms with Gasteiger partial charge < -0.3 is 20.1 Å². The highest BCUT2D eigenvalue weighted by Crippen LogP contribution is 2.16. The highest BCUT2D eigenvalue weighted by Gasteiger charge is 2.20. The summed E-state index contributed by atoms with van der Waals surface area (Å²) in [5, 5.41) is 11.4. The predicted octanol–water partition coefficient (Wildman–Crippen LogP) is 2.17. The average molecular weight is 296 g/mol. The fourth-order valence-corrected chi connectivity index (χ4v) is 2.15. The van der Waals surface area contributed by atoms with Crippen molar-refractivity contribution in [2.75, 3.05) is 25.0 Å². The Kier molecular flexibility index (Phi) is 4.74. The second-order valence-electron chi connectivity index (χ2n) is 4.91. The first-order valence-corrected chi connectivity index (χ1v) is 6.67. The summed E-state index contributed by atoms with van der Waals surface area (Å²) in [4.78, 5) is 24.6. The molecule has 7 heteroatoms. The number of carboxylic acids is 1. The number of aromatic carboxylic acids is 1. The summed E-state index contributed by atoms with van der Waals surface area (Å²) in [6.07, 6.45) is 0.683. The van der Waals surface area contributed by atoms with E-state index in [1.807, 2.05) is 6.92 Å². The van der Waals surface area contributed by atoms with Crippen molar-refractivity contribution < 1.29 is 23.8 Å². The van der Waals surface area contributed by atoms with Crippen LogP contribution in [0.3, 0.4) is 0 Å². The van der Waals surface area contributed by atoms with Crippen molar-refractivity contribution >= 4 is 17.7 Å². The summed E-state index contributed by atoms with van der Waals surface area (Å²) in [5.41, 5.74) is -0.225. The molecule has 6 nitrogen and oxygen atoms in total. The molecule has 1 aliphatic rings. The van der Waals surface area contributed by atoms with E-state index in [2.05, 4.69) is 5.32 Å². The molecule has 0 aromatic heterocycles. The van der Waals surface area contributed by atoms with Crippen LogP contribution in [0.2, 0.25) is 0 Å². The first kappa shape index (κ1) is 15.2. The third-order valence-electron chi connectivity index (χ3n) is 3.19. The molecule has 2 N–H and O–H groups in total. The number of urea groups is 1. The van der Waals surface area contributed by atoms with E-state index in [1.54, 1.807) is 4.90 Å². The van der Waals surface area contributed by atoms with Crippen molar-refractivity contribution in [3.8, 4) is 0 Å². The molecule has 1 aliphatic heterocycles. The van der Waals surface area contributed by atoms with Crippen LogP contribution in [0.5, 0.6) is 0 Å². The maximum Gasteiger partial charge on any atom is 0.338 e. The van der Waals surface area contributed by atoms with E-state index < -0.39 is 17.3 Å². The molecule has 21 heavy (non-hydrogen) atoms. The van der Waals surface area contributed by atoms with Crippen LogP contribution in [0.25, 0.3) is 0 Å². The highest BCUT2D eigenvalue weighted by atomic mass is 19.1. The number of nitrogens with zero attached hydrogens (tertiary/aromatic N) is 1. The van der Waals surface area contributed by atoms with Gasteiger partial charge in [-0.05, 0) is 31.5 Å². The van der Waals surface area contributed by atoms with Crippen molar-refractivity contribution in [2.45, 2.75) is 19.4 Å². The van der Waals surface area contributed by atoms with Crippen molar-refractivity contribution in [3.63, 3.8) is 0 Å². The van der Waals surface area contributed by atoms with E-state index in [0.29, 0.717) is 19.7 Å². The maximum atomic E-state index is 13.3. The molecule has 0 saturated carbocycles. The number of anilines is 1. The number of halogens is 1. The zero-order chi connectivity index (χ0) is 15.4. The number of carbonyl (C=O) groups is 2. The van der Waals surface area contributed by atoms with Gasteiger partial charge in [0.25, 0.3) is 0 Å². The van der Waals surface area contributed by atoms with E-state index in [0.717, 1.165) is 18.6 Å². The molecule has 1 unspecified atom stereocenters. The van der Waals surface area contributed by atoms with Gasteiger partial charge in [0.15, 0.2) is 0 Å². The smallest absolute Gasteiger partial charge is 0.338 e. The number of carbonyl (C=O) groups excluding carboxylic acids is 1. The third kappa shape index (κ3) is 3.91. The summed E-state index contributed by atoms with van der Waals surface area (Å²) in [7, 11) is 0. The molecule has 1 fully saturated rings. The van der Waals surface area contributed by atoms with E-state index in [9.17, 15) is 14.0 Å².